The number of hydrogen-bond donors (Lipinski definition) is 1. The fraction of sp³-hybridized carbons (Fsp3) is 0.812. The Balaban J connectivity index is 1.45. The van der Waals surface area contributed by atoms with Gasteiger partial charge in [0.15, 0.2) is 0 Å². The summed E-state index contributed by atoms with van der Waals surface area (Å²) in [6, 6.07) is 0.674. The molecule has 19 heavy (non-hydrogen) atoms. The largest absolute Gasteiger partial charge is 0.316 e. The second-order valence-corrected chi connectivity index (χ2v) is 6.87. The van der Waals surface area contributed by atoms with Gasteiger partial charge in [0.25, 0.3) is 0 Å². The molecule has 5 unspecified atom stereocenters. The Morgan fingerprint density at radius 1 is 1.37 bits per heavy atom. The number of rotatable bonds is 5. The van der Waals surface area contributed by atoms with Crippen LogP contribution in [0.5, 0.6) is 0 Å². The van der Waals surface area contributed by atoms with Crippen molar-refractivity contribution in [1.82, 2.24) is 15.1 Å². The highest BCUT2D eigenvalue weighted by Crippen LogP contribution is 2.70. The third kappa shape index (κ3) is 1.78. The van der Waals surface area contributed by atoms with Gasteiger partial charge in [0.1, 0.15) is 0 Å². The molecule has 3 aliphatic carbocycles. The summed E-state index contributed by atoms with van der Waals surface area (Å²) >= 11 is 0. The minimum absolute atomic E-state index is 0.674. The molecule has 2 bridgehead atoms. The molecule has 1 N–H and O–H groups in total. The van der Waals surface area contributed by atoms with Gasteiger partial charge in [0, 0.05) is 18.8 Å². The van der Waals surface area contributed by atoms with Crippen LogP contribution < -0.4 is 5.32 Å². The molecule has 1 heterocycles. The van der Waals surface area contributed by atoms with Gasteiger partial charge in [-0.05, 0) is 74.8 Å². The lowest BCUT2D eigenvalue weighted by atomic mass is 9.94. The van der Waals surface area contributed by atoms with Crippen molar-refractivity contribution in [3.05, 3.63) is 18.0 Å². The number of fused-ring (bicyclic) bond motifs is 5. The zero-order valence-corrected chi connectivity index (χ0v) is 12.0. The Hall–Kier alpha value is -0.830. The molecule has 3 aliphatic rings. The van der Waals surface area contributed by atoms with Crippen LogP contribution >= 0.6 is 0 Å². The maximum absolute atomic E-state index is 4.41. The molecule has 3 nitrogen and oxygen atoms in total. The number of nitrogens with zero attached hydrogens (tertiary/aromatic N) is 2. The van der Waals surface area contributed by atoms with Crippen molar-refractivity contribution in [3.8, 4) is 0 Å². The molecular formula is C16H25N3. The van der Waals surface area contributed by atoms with E-state index in [4.69, 9.17) is 0 Å². The minimum atomic E-state index is 0.674. The third-order valence-corrected chi connectivity index (χ3v) is 6.10. The predicted molar refractivity (Wildman–Crippen MR) is 75.8 cm³/mol. The fourth-order valence-corrected chi connectivity index (χ4v) is 5.30. The Bertz CT molecular complexity index is 450. The lowest BCUT2D eigenvalue weighted by molar-refractivity contribution is 0.376. The Morgan fingerprint density at radius 2 is 2.11 bits per heavy atom. The number of aryl methyl sites for hydroxylation is 1. The minimum Gasteiger partial charge on any atom is -0.316 e. The van der Waals surface area contributed by atoms with E-state index < -0.39 is 0 Å². The van der Waals surface area contributed by atoms with Gasteiger partial charge in [-0.25, -0.2) is 0 Å². The summed E-state index contributed by atoms with van der Waals surface area (Å²) in [5.41, 5.74) is 1.40. The number of likely N-dealkylation sites (N-methyl/N-ethyl adjacent to an activating group) is 1. The SMILES string of the molecule is CCn1cc(CC(NC)C2C3C4CCC(C4)C32)cn1. The number of hydrogen-bond acceptors (Lipinski definition) is 2. The predicted octanol–water partition coefficient (Wildman–Crippen LogP) is 2.33. The highest BCUT2D eigenvalue weighted by atomic mass is 15.3. The van der Waals surface area contributed by atoms with Crippen molar-refractivity contribution in [2.75, 3.05) is 7.05 Å². The van der Waals surface area contributed by atoms with Crippen LogP contribution in [0, 0.1) is 29.6 Å². The zero-order valence-electron chi connectivity index (χ0n) is 12.0. The maximum atomic E-state index is 4.41. The van der Waals surface area contributed by atoms with Gasteiger partial charge in [-0.3, -0.25) is 4.68 Å². The van der Waals surface area contributed by atoms with Crippen LogP contribution in [0.15, 0.2) is 12.4 Å². The smallest absolute Gasteiger partial charge is 0.0522 e. The standard InChI is InChI=1S/C16H25N3/c1-3-19-9-10(8-18-19)6-13(17-2)16-14-11-4-5-12(7-11)15(14)16/h8-9,11-17H,3-7H2,1-2H3. The van der Waals surface area contributed by atoms with E-state index in [1.165, 1.54) is 18.4 Å². The first-order valence-electron chi connectivity index (χ1n) is 8.00. The topological polar surface area (TPSA) is 29.9 Å². The van der Waals surface area contributed by atoms with E-state index in [0.29, 0.717) is 6.04 Å². The molecule has 0 amide bonds. The number of aromatic nitrogens is 2. The summed E-state index contributed by atoms with van der Waals surface area (Å²) in [5, 5.41) is 8.01. The molecule has 5 atom stereocenters. The van der Waals surface area contributed by atoms with E-state index in [-0.39, 0.29) is 0 Å². The molecule has 0 spiro atoms. The third-order valence-electron chi connectivity index (χ3n) is 6.10. The molecule has 104 valence electrons. The molecule has 1 aromatic rings. The van der Waals surface area contributed by atoms with Crippen LogP contribution in [0.3, 0.4) is 0 Å². The average molecular weight is 259 g/mol. The van der Waals surface area contributed by atoms with Crippen LogP contribution in [-0.2, 0) is 13.0 Å². The van der Waals surface area contributed by atoms with E-state index in [2.05, 4.69) is 36.8 Å². The van der Waals surface area contributed by atoms with Crippen molar-refractivity contribution < 1.29 is 0 Å². The van der Waals surface area contributed by atoms with Crippen LogP contribution in [-0.4, -0.2) is 22.9 Å². The van der Waals surface area contributed by atoms with Gasteiger partial charge in [-0.1, -0.05) is 0 Å². The lowest BCUT2D eigenvalue weighted by Gasteiger charge is -2.19. The molecule has 3 heteroatoms. The summed E-state index contributed by atoms with van der Waals surface area (Å²) in [6.45, 7) is 3.12. The summed E-state index contributed by atoms with van der Waals surface area (Å²) in [6.07, 6.45) is 10.0. The van der Waals surface area contributed by atoms with Gasteiger partial charge >= 0.3 is 0 Å². The maximum Gasteiger partial charge on any atom is 0.0522 e. The molecule has 0 aromatic carbocycles. The summed E-state index contributed by atoms with van der Waals surface area (Å²) in [5.74, 6) is 5.25. The summed E-state index contributed by atoms with van der Waals surface area (Å²) < 4.78 is 2.04. The van der Waals surface area contributed by atoms with Crippen LogP contribution in [0.25, 0.3) is 0 Å². The first-order chi connectivity index (χ1) is 9.31. The molecule has 3 fully saturated rings. The molecule has 0 saturated heterocycles. The van der Waals surface area contributed by atoms with Gasteiger partial charge in [0.2, 0.25) is 0 Å². The number of nitrogens with one attached hydrogen (secondary N) is 1. The van der Waals surface area contributed by atoms with Crippen LogP contribution in [0.2, 0.25) is 0 Å². The van der Waals surface area contributed by atoms with E-state index in [0.717, 1.165) is 42.6 Å². The highest BCUT2D eigenvalue weighted by Gasteiger charge is 2.66. The zero-order chi connectivity index (χ0) is 13.0. The van der Waals surface area contributed by atoms with Gasteiger partial charge in [-0.2, -0.15) is 5.10 Å². The van der Waals surface area contributed by atoms with Crippen molar-refractivity contribution >= 4 is 0 Å². The second-order valence-electron chi connectivity index (χ2n) is 6.87. The van der Waals surface area contributed by atoms with Crippen LogP contribution in [0.4, 0.5) is 0 Å². The van der Waals surface area contributed by atoms with Crippen molar-refractivity contribution in [3.63, 3.8) is 0 Å². The van der Waals surface area contributed by atoms with Gasteiger partial charge in [0.05, 0.1) is 6.20 Å². The first-order valence-corrected chi connectivity index (χ1v) is 8.00. The summed E-state index contributed by atoms with van der Waals surface area (Å²) in [4.78, 5) is 0. The Labute approximate surface area is 115 Å². The fourth-order valence-electron chi connectivity index (χ4n) is 5.30. The highest BCUT2D eigenvalue weighted by molar-refractivity contribution is 5.18. The Morgan fingerprint density at radius 3 is 2.68 bits per heavy atom. The Kier molecular flexibility index (Phi) is 2.73. The monoisotopic (exact) mass is 259 g/mol. The van der Waals surface area contributed by atoms with Gasteiger partial charge in [-0.15, -0.1) is 0 Å². The van der Waals surface area contributed by atoms with Crippen LogP contribution in [0.1, 0.15) is 31.7 Å². The van der Waals surface area contributed by atoms with Crippen molar-refractivity contribution in [1.29, 1.82) is 0 Å². The quantitative estimate of drug-likeness (QED) is 0.879. The molecule has 3 saturated carbocycles. The van der Waals surface area contributed by atoms with E-state index in [1.807, 2.05) is 4.68 Å². The van der Waals surface area contributed by atoms with E-state index in [9.17, 15) is 0 Å². The first kappa shape index (κ1) is 12.0. The van der Waals surface area contributed by atoms with Crippen molar-refractivity contribution in [2.45, 2.75) is 45.2 Å². The lowest BCUT2D eigenvalue weighted by Crippen LogP contribution is -2.32. The summed E-state index contributed by atoms with van der Waals surface area (Å²) in [7, 11) is 2.14. The van der Waals surface area contributed by atoms with E-state index in [1.54, 1.807) is 6.42 Å². The molecular weight excluding hydrogens is 234 g/mol. The molecule has 0 radical (unpaired) electrons. The normalized spacial score (nSPS) is 40.4. The van der Waals surface area contributed by atoms with Gasteiger partial charge < -0.3 is 5.32 Å². The second kappa shape index (κ2) is 4.34. The van der Waals surface area contributed by atoms with E-state index >= 15 is 0 Å². The molecule has 4 rings (SSSR count). The molecule has 0 aliphatic heterocycles. The van der Waals surface area contributed by atoms with Crippen molar-refractivity contribution in [2.24, 2.45) is 29.6 Å². The molecule has 1 aromatic heterocycles. The average Bonchev–Trinajstić information content (AvgIpc) is 2.84.